The van der Waals surface area contributed by atoms with Gasteiger partial charge in [-0.2, -0.15) is 0 Å². The molecule has 0 saturated heterocycles. The summed E-state index contributed by atoms with van der Waals surface area (Å²) in [6.45, 7) is 4.25. The van der Waals surface area contributed by atoms with E-state index in [0.717, 1.165) is 16.8 Å². The van der Waals surface area contributed by atoms with Gasteiger partial charge in [-0.1, -0.05) is 29.5 Å². The van der Waals surface area contributed by atoms with Crippen molar-refractivity contribution >= 4 is 0 Å². The van der Waals surface area contributed by atoms with Crippen LogP contribution in [0.2, 0.25) is 0 Å². The summed E-state index contributed by atoms with van der Waals surface area (Å²) in [7, 11) is 0. The van der Waals surface area contributed by atoms with Gasteiger partial charge in [0.1, 0.15) is 17.2 Å². The number of halogens is 1. The molecular formula is C17H17FN4. The van der Waals surface area contributed by atoms with E-state index in [1.807, 2.05) is 32.0 Å². The molecule has 0 fully saturated rings. The molecule has 22 heavy (non-hydrogen) atoms. The van der Waals surface area contributed by atoms with Crippen molar-refractivity contribution in [1.82, 2.24) is 15.0 Å². The molecule has 0 amide bonds. The number of nitrogens with zero attached hydrogens (tertiary/aromatic N) is 3. The van der Waals surface area contributed by atoms with E-state index < -0.39 is 0 Å². The molecule has 0 aliphatic heterocycles. The Morgan fingerprint density at radius 1 is 1.09 bits per heavy atom. The van der Waals surface area contributed by atoms with Crippen LogP contribution in [0.3, 0.4) is 0 Å². The van der Waals surface area contributed by atoms with Crippen LogP contribution in [0.25, 0.3) is 16.9 Å². The van der Waals surface area contributed by atoms with Crippen molar-refractivity contribution < 1.29 is 4.39 Å². The Labute approximate surface area is 128 Å². The molecule has 0 spiro atoms. The van der Waals surface area contributed by atoms with E-state index >= 15 is 0 Å². The average Bonchev–Trinajstić information content (AvgIpc) is 2.94. The van der Waals surface area contributed by atoms with Crippen LogP contribution in [0, 0.1) is 19.7 Å². The lowest BCUT2D eigenvalue weighted by Gasteiger charge is -2.12. The van der Waals surface area contributed by atoms with E-state index in [1.54, 1.807) is 22.9 Å². The summed E-state index contributed by atoms with van der Waals surface area (Å²) in [6.07, 6.45) is 0. The lowest BCUT2D eigenvalue weighted by Crippen LogP contribution is -2.05. The highest BCUT2D eigenvalue weighted by Gasteiger charge is 2.19. The van der Waals surface area contributed by atoms with Crippen LogP contribution in [0.4, 0.5) is 4.39 Å². The Bertz CT molecular complexity index is 823. The molecule has 0 unspecified atom stereocenters. The molecular weight excluding hydrogens is 279 g/mol. The third-order valence-corrected chi connectivity index (χ3v) is 3.87. The highest BCUT2D eigenvalue weighted by atomic mass is 19.1. The van der Waals surface area contributed by atoms with E-state index in [2.05, 4.69) is 10.3 Å². The lowest BCUT2D eigenvalue weighted by atomic mass is 10.1. The van der Waals surface area contributed by atoms with Gasteiger partial charge in [0.25, 0.3) is 0 Å². The quantitative estimate of drug-likeness (QED) is 0.807. The van der Waals surface area contributed by atoms with Gasteiger partial charge in [-0.05, 0) is 43.2 Å². The number of nitrogens with two attached hydrogens (primary N) is 1. The first kappa shape index (κ1) is 14.4. The first-order valence-corrected chi connectivity index (χ1v) is 7.09. The van der Waals surface area contributed by atoms with Crippen LogP contribution in [-0.4, -0.2) is 15.0 Å². The Morgan fingerprint density at radius 2 is 1.86 bits per heavy atom. The van der Waals surface area contributed by atoms with Crippen LogP contribution in [0.1, 0.15) is 16.8 Å². The molecule has 112 valence electrons. The number of benzene rings is 2. The van der Waals surface area contributed by atoms with Crippen molar-refractivity contribution in [2.75, 3.05) is 0 Å². The molecule has 0 aliphatic carbocycles. The summed E-state index contributed by atoms with van der Waals surface area (Å²) in [5.74, 6) is -0.314. The van der Waals surface area contributed by atoms with Gasteiger partial charge in [0.15, 0.2) is 0 Å². The Balaban J connectivity index is 2.29. The van der Waals surface area contributed by atoms with E-state index in [0.29, 0.717) is 17.0 Å². The number of rotatable bonds is 3. The predicted octanol–water partition coefficient (Wildman–Crippen LogP) is 3.15. The second-order valence-corrected chi connectivity index (χ2v) is 5.20. The monoisotopic (exact) mass is 296 g/mol. The van der Waals surface area contributed by atoms with E-state index in [1.165, 1.54) is 6.07 Å². The second kappa shape index (κ2) is 5.69. The Hall–Kier alpha value is -2.53. The topological polar surface area (TPSA) is 56.7 Å². The Morgan fingerprint density at radius 3 is 2.59 bits per heavy atom. The van der Waals surface area contributed by atoms with Gasteiger partial charge >= 0.3 is 0 Å². The molecule has 1 aromatic heterocycles. The molecule has 4 nitrogen and oxygen atoms in total. The molecule has 3 aromatic rings. The zero-order valence-electron chi connectivity index (χ0n) is 12.5. The third kappa shape index (κ3) is 2.29. The normalized spacial score (nSPS) is 10.9. The number of hydrogen-bond donors (Lipinski definition) is 1. The maximum atomic E-state index is 14.2. The minimum absolute atomic E-state index is 0.203. The maximum absolute atomic E-state index is 14.2. The van der Waals surface area contributed by atoms with Gasteiger partial charge in [-0.15, -0.1) is 5.10 Å². The smallest absolute Gasteiger partial charge is 0.132 e. The fourth-order valence-corrected chi connectivity index (χ4v) is 2.51. The first-order valence-electron chi connectivity index (χ1n) is 7.09. The lowest BCUT2D eigenvalue weighted by molar-refractivity contribution is 0.629. The minimum Gasteiger partial charge on any atom is -0.325 e. The van der Waals surface area contributed by atoms with Crippen molar-refractivity contribution in [3.63, 3.8) is 0 Å². The fraction of sp³-hybridized carbons (Fsp3) is 0.176. The largest absolute Gasteiger partial charge is 0.325 e. The molecule has 0 atom stereocenters. The maximum Gasteiger partial charge on any atom is 0.132 e. The molecule has 3 rings (SSSR count). The third-order valence-electron chi connectivity index (χ3n) is 3.87. The van der Waals surface area contributed by atoms with Crippen LogP contribution in [-0.2, 0) is 6.54 Å². The zero-order valence-corrected chi connectivity index (χ0v) is 12.5. The van der Waals surface area contributed by atoms with Crippen molar-refractivity contribution in [1.29, 1.82) is 0 Å². The summed E-state index contributed by atoms with van der Waals surface area (Å²) in [4.78, 5) is 0. The summed E-state index contributed by atoms with van der Waals surface area (Å²) >= 11 is 0. The van der Waals surface area contributed by atoms with Crippen LogP contribution in [0.15, 0.2) is 42.5 Å². The van der Waals surface area contributed by atoms with E-state index in [4.69, 9.17) is 5.73 Å². The zero-order chi connectivity index (χ0) is 15.7. The van der Waals surface area contributed by atoms with Gasteiger partial charge in [0, 0.05) is 12.1 Å². The summed E-state index contributed by atoms with van der Waals surface area (Å²) < 4.78 is 15.9. The molecule has 0 saturated carbocycles. The number of aromatic nitrogens is 3. The van der Waals surface area contributed by atoms with Crippen LogP contribution < -0.4 is 5.73 Å². The van der Waals surface area contributed by atoms with Crippen molar-refractivity contribution in [2.45, 2.75) is 20.4 Å². The van der Waals surface area contributed by atoms with Crippen molar-refractivity contribution in [3.05, 3.63) is 65.1 Å². The molecule has 2 aromatic carbocycles. The van der Waals surface area contributed by atoms with Gasteiger partial charge in [-0.25, -0.2) is 9.07 Å². The Kier molecular flexibility index (Phi) is 3.73. The summed E-state index contributed by atoms with van der Waals surface area (Å²) in [5, 5.41) is 8.32. The summed E-state index contributed by atoms with van der Waals surface area (Å²) in [6, 6.07) is 12.5. The standard InChI is InChI=1S/C17H17FN4/c1-11-6-5-9-16(12(11)2)22-17(15(10-19)20-21-22)13-7-3-4-8-14(13)18/h3-9H,10,19H2,1-2H3. The van der Waals surface area contributed by atoms with Gasteiger partial charge in [0.2, 0.25) is 0 Å². The number of hydrogen-bond acceptors (Lipinski definition) is 3. The molecule has 0 radical (unpaired) electrons. The molecule has 0 bridgehead atoms. The minimum atomic E-state index is -0.314. The van der Waals surface area contributed by atoms with Gasteiger partial charge in [0.05, 0.1) is 5.69 Å². The first-order chi connectivity index (χ1) is 10.6. The predicted molar refractivity (Wildman–Crippen MR) is 84.1 cm³/mol. The fourth-order valence-electron chi connectivity index (χ4n) is 2.51. The SMILES string of the molecule is Cc1cccc(-n2nnc(CN)c2-c2ccccc2F)c1C. The van der Waals surface area contributed by atoms with Crippen LogP contribution in [0.5, 0.6) is 0 Å². The molecule has 1 heterocycles. The van der Waals surface area contributed by atoms with Crippen molar-refractivity contribution in [2.24, 2.45) is 5.73 Å². The average molecular weight is 296 g/mol. The van der Waals surface area contributed by atoms with Crippen LogP contribution >= 0.6 is 0 Å². The molecule has 5 heteroatoms. The van der Waals surface area contributed by atoms with E-state index in [-0.39, 0.29) is 12.4 Å². The number of aryl methyl sites for hydroxylation is 1. The van der Waals surface area contributed by atoms with Gasteiger partial charge < -0.3 is 5.73 Å². The highest BCUT2D eigenvalue weighted by molar-refractivity contribution is 5.65. The molecule has 0 aliphatic rings. The molecule has 2 N–H and O–H groups in total. The van der Waals surface area contributed by atoms with E-state index in [9.17, 15) is 4.39 Å². The van der Waals surface area contributed by atoms with Gasteiger partial charge in [-0.3, -0.25) is 0 Å². The summed E-state index contributed by atoms with van der Waals surface area (Å²) in [5.41, 5.74) is 10.5. The van der Waals surface area contributed by atoms with Crippen molar-refractivity contribution in [3.8, 4) is 16.9 Å². The highest BCUT2D eigenvalue weighted by Crippen LogP contribution is 2.29. The second-order valence-electron chi connectivity index (χ2n) is 5.20.